The number of nitrogens with one attached hydrogen (secondary N) is 1. The largest absolute Gasteiger partial charge is 0.388 e. The second-order valence-electron chi connectivity index (χ2n) is 5.77. The Labute approximate surface area is 142 Å². The average molecular weight is 341 g/mol. The molecule has 0 bridgehead atoms. The summed E-state index contributed by atoms with van der Waals surface area (Å²) in [6.07, 6.45) is -0.357. The number of fused-ring (bicyclic) bond motifs is 3. The summed E-state index contributed by atoms with van der Waals surface area (Å²) >= 11 is 5.93. The number of nitro groups is 1. The summed E-state index contributed by atoms with van der Waals surface area (Å²) < 4.78 is 0. The summed E-state index contributed by atoms with van der Waals surface area (Å²) in [4.78, 5) is 14.1. The molecule has 0 saturated carbocycles. The highest BCUT2D eigenvalue weighted by atomic mass is 35.5. The van der Waals surface area contributed by atoms with Gasteiger partial charge in [-0.2, -0.15) is 0 Å². The number of nitrogens with zero attached hydrogens (tertiary/aromatic N) is 1. The summed E-state index contributed by atoms with van der Waals surface area (Å²) in [5.41, 5.74) is 4.20. The number of halogens is 1. The number of hydrogen-bond acceptors (Lipinski definition) is 3. The first-order valence-corrected chi connectivity index (χ1v) is 7.86. The third-order valence-corrected chi connectivity index (χ3v) is 4.64. The van der Waals surface area contributed by atoms with E-state index in [1.807, 2.05) is 36.4 Å². The Kier molecular flexibility index (Phi) is 3.40. The second-order valence-corrected chi connectivity index (χ2v) is 6.21. The highest BCUT2D eigenvalue weighted by Crippen LogP contribution is 2.47. The van der Waals surface area contributed by atoms with Gasteiger partial charge in [-0.25, -0.2) is 4.98 Å². The van der Waals surface area contributed by atoms with E-state index in [0.29, 0.717) is 28.3 Å². The van der Waals surface area contributed by atoms with Gasteiger partial charge >= 0.3 is 5.82 Å². The van der Waals surface area contributed by atoms with Crippen LogP contribution in [0.3, 0.4) is 0 Å². The van der Waals surface area contributed by atoms with Crippen LogP contribution in [0.5, 0.6) is 0 Å². The van der Waals surface area contributed by atoms with Crippen LogP contribution in [0.4, 0.5) is 5.82 Å². The first-order valence-electron chi connectivity index (χ1n) is 7.49. The molecule has 1 aliphatic rings. The van der Waals surface area contributed by atoms with E-state index in [-0.39, 0.29) is 5.82 Å². The van der Waals surface area contributed by atoms with Gasteiger partial charge in [-0.05, 0) is 40.3 Å². The Bertz CT molecular complexity index is 947. The van der Waals surface area contributed by atoms with Gasteiger partial charge < -0.3 is 15.2 Å². The van der Waals surface area contributed by atoms with Crippen LogP contribution in [-0.2, 0) is 6.42 Å². The normalized spacial score (nSPS) is 15.7. The van der Waals surface area contributed by atoms with Crippen LogP contribution >= 0.6 is 11.6 Å². The van der Waals surface area contributed by atoms with E-state index in [1.165, 1.54) is 0 Å². The summed E-state index contributed by atoms with van der Waals surface area (Å²) in [5, 5.41) is 22.6. The smallest absolute Gasteiger partial charge is 0.329 e. The number of aromatic amines is 1. The highest BCUT2D eigenvalue weighted by molar-refractivity contribution is 6.30. The van der Waals surface area contributed by atoms with Crippen LogP contribution < -0.4 is 0 Å². The molecule has 4 rings (SSSR count). The van der Waals surface area contributed by atoms with Crippen molar-refractivity contribution in [3.8, 4) is 22.4 Å². The summed E-state index contributed by atoms with van der Waals surface area (Å²) in [7, 11) is 0. The predicted octanol–water partition coefficient (Wildman–Crippen LogP) is 4.50. The molecule has 2 N–H and O–H groups in total. The minimum Gasteiger partial charge on any atom is -0.388 e. The third kappa shape index (κ3) is 2.21. The van der Waals surface area contributed by atoms with Crippen molar-refractivity contribution in [3.05, 3.63) is 74.8 Å². The number of aliphatic hydroxyl groups is 1. The Hall–Kier alpha value is -2.63. The lowest BCUT2D eigenvalue weighted by Crippen LogP contribution is -2.10. The Morgan fingerprint density at radius 2 is 1.88 bits per heavy atom. The van der Waals surface area contributed by atoms with Crippen molar-refractivity contribution in [3.63, 3.8) is 0 Å². The lowest BCUT2D eigenvalue weighted by molar-refractivity contribution is -0.388. The molecule has 6 heteroatoms. The third-order valence-electron chi connectivity index (χ3n) is 4.39. The SMILES string of the molecule is O=[N+]([O-])c1[nH]c(-c2ccc(Cl)cc2)c2c1-c1ccccc1C(O)C2. The van der Waals surface area contributed by atoms with E-state index in [0.717, 1.165) is 16.7 Å². The standard InChI is InChI=1S/C18H13ClN2O3/c19-11-7-5-10(6-8-11)17-14-9-15(22)12-3-1-2-4-13(12)16(14)18(20-17)21(23)24/h1-8,15,20,22H,9H2. The Morgan fingerprint density at radius 1 is 1.17 bits per heavy atom. The zero-order valence-corrected chi connectivity index (χ0v) is 13.2. The summed E-state index contributed by atoms with van der Waals surface area (Å²) in [5.74, 6) is -0.0469. The number of aliphatic hydroxyl groups excluding tert-OH is 1. The Balaban J connectivity index is 2.01. The monoisotopic (exact) mass is 340 g/mol. The van der Waals surface area contributed by atoms with Crippen LogP contribution in [0.1, 0.15) is 17.2 Å². The average Bonchev–Trinajstić information content (AvgIpc) is 2.96. The van der Waals surface area contributed by atoms with Crippen LogP contribution in [0.25, 0.3) is 22.4 Å². The molecule has 2 aromatic carbocycles. The zero-order chi connectivity index (χ0) is 16.8. The van der Waals surface area contributed by atoms with Crippen molar-refractivity contribution in [1.29, 1.82) is 0 Å². The molecule has 0 aliphatic heterocycles. The molecule has 1 aromatic heterocycles. The minimum absolute atomic E-state index is 0.0469. The second kappa shape index (κ2) is 5.47. The van der Waals surface area contributed by atoms with Crippen LogP contribution in [0.2, 0.25) is 5.02 Å². The molecule has 1 heterocycles. The van der Waals surface area contributed by atoms with Crippen molar-refractivity contribution in [2.75, 3.05) is 0 Å². The van der Waals surface area contributed by atoms with Gasteiger partial charge in [-0.15, -0.1) is 0 Å². The maximum atomic E-state index is 11.6. The van der Waals surface area contributed by atoms with Crippen molar-refractivity contribution >= 4 is 17.4 Å². The first-order chi connectivity index (χ1) is 11.6. The van der Waals surface area contributed by atoms with E-state index in [4.69, 9.17) is 11.6 Å². The van der Waals surface area contributed by atoms with E-state index in [9.17, 15) is 15.2 Å². The molecule has 0 radical (unpaired) electrons. The molecule has 1 atom stereocenters. The van der Waals surface area contributed by atoms with Gasteiger partial charge in [-0.1, -0.05) is 35.9 Å². The van der Waals surface area contributed by atoms with Crippen molar-refractivity contribution < 1.29 is 10.0 Å². The summed E-state index contributed by atoms with van der Waals surface area (Å²) in [6.45, 7) is 0. The number of H-pyrrole nitrogens is 1. The number of rotatable bonds is 2. The van der Waals surface area contributed by atoms with Crippen LogP contribution in [0, 0.1) is 10.1 Å². The van der Waals surface area contributed by atoms with Crippen molar-refractivity contribution in [1.82, 2.24) is 4.98 Å². The van der Waals surface area contributed by atoms with Gasteiger partial charge in [0.15, 0.2) is 0 Å². The molecule has 0 spiro atoms. The molecular formula is C18H13ClN2O3. The quantitative estimate of drug-likeness (QED) is 0.532. The van der Waals surface area contributed by atoms with Crippen LogP contribution in [-0.4, -0.2) is 15.0 Å². The van der Waals surface area contributed by atoms with E-state index < -0.39 is 11.0 Å². The molecule has 5 nitrogen and oxygen atoms in total. The number of hydrogen-bond donors (Lipinski definition) is 2. The van der Waals surface area contributed by atoms with Gasteiger partial charge in [-0.3, -0.25) is 0 Å². The molecule has 0 amide bonds. The van der Waals surface area contributed by atoms with Crippen molar-refractivity contribution in [2.24, 2.45) is 0 Å². The van der Waals surface area contributed by atoms with E-state index in [1.54, 1.807) is 12.1 Å². The molecular weight excluding hydrogens is 328 g/mol. The molecule has 120 valence electrons. The fraction of sp³-hybridized carbons (Fsp3) is 0.111. The van der Waals surface area contributed by atoms with Gasteiger partial charge in [0.05, 0.1) is 11.7 Å². The Morgan fingerprint density at radius 3 is 2.58 bits per heavy atom. The summed E-state index contributed by atoms with van der Waals surface area (Å²) in [6, 6.07) is 14.4. The predicted molar refractivity (Wildman–Crippen MR) is 92.0 cm³/mol. The maximum absolute atomic E-state index is 11.6. The maximum Gasteiger partial charge on any atom is 0.329 e. The molecule has 0 saturated heterocycles. The molecule has 0 fully saturated rings. The molecule has 3 aromatic rings. The van der Waals surface area contributed by atoms with Gasteiger partial charge in [0.1, 0.15) is 5.69 Å². The van der Waals surface area contributed by atoms with Gasteiger partial charge in [0, 0.05) is 22.6 Å². The van der Waals surface area contributed by atoms with Crippen LogP contribution in [0.15, 0.2) is 48.5 Å². The molecule has 1 unspecified atom stereocenters. The van der Waals surface area contributed by atoms with E-state index >= 15 is 0 Å². The number of aromatic nitrogens is 1. The fourth-order valence-electron chi connectivity index (χ4n) is 3.34. The first kappa shape index (κ1) is 14.9. The van der Waals surface area contributed by atoms with E-state index in [2.05, 4.69) is 4.98 Å². The lowest BCUT2D eigenvalue weighted by atomic mass is 9.84. The fourth-order valence-corrected chi connectivity index (χ4v) is 3.46. The minimum atomic E-state index is -0.685. The van der Waals surface area contributed by atoms with Gasteiger partial charge in [0.2, 0.25) is 0 Å². The lowest BCUT2D eigenvalue weighted by Gasteiger charge is -2.21. The van der Waals surface area contributed by atoms with Gasteiger partial charge in [0.25, 0.3) is 0 Å². The molecule has 1 aliphatic carbocycles. The number of benzene rings is 2. The topological polar surface area (TPSA) is 79.2 Å². The molecule has 24 heavy (non-hydrogen) atoms. The zero-order valence-electron chi connectivity index (χ0n) is 12.5. The highest BCUT2D eigenvalue weighted by Gasteiger charge is 2.34. The van der Waals surface area contributed by atoms with Crippen molar-refractivity contribution in [2.45, 2.75) is 12.5 Å².